The highest BCUT2D eigenvalue weighted by Crippen LogP contribution is 2.26. The van der Waals surface area contributed by atoms with E-state index in [-0.39, 0.29) is 11.9 Å². The van der Waals surface area contributed by atoms with E-state index in [9.17, 15) is 4.79 Å². The van der Waals surface area contributed by atoms with Crippen molar-refractivity contribution in [3.05, 3.63) is 64.7 Å². The summed E-state index contributed by atoms with van der Waals surface area (Å²) >= 11 is 0. The van der Waals surface area contributed by atoms with Gasteiger partial charge in [0.15, 0.2) is 0 Å². The predicted octanol–water partition coefficient (Wildman–Crippen LogP) is 3.26. The molecule has 4 rings (SSSR count). The first-order valence-electron chi connectivity index (χ1n) is 10.9. The highest BCUT2D eigenvalue weighted by molar-refractivity contribution is 5.78. The molecule has 1 aliphatic carbocycles. The molecule has 0 radical (unpaired) electrons. The number of likely N-dealkylation sites (N-methyl/N-ethyl adjacent to an activating group) is 1. The van der Waals surface area contributed by atoms with Gasteiger partial charge in [-0.25, -0.2) is 0 Å². The summed E-state index contributed by atoms with van der Waals surface area (Å²) in [5.74, 6) is 1.01. The molecule has 0 unspecified atom stereocenters. The van der Waals surface area contributed by atoms with Crippen LogP contribution in [0.2, 0.25) is 0 Å². The molecule has 1 fully saturated rings. The first kappa shape index (κ1) is 20.9. The Labute approximate surface area is 179 Å². The zero-order valence-electron chi connectivity index (χ0n) is 18.1. The second-order valence-corrected chi connectivity index (χ2v) is 8.34. The smallest absolute Gasteiger partial charge is 0.226 e. The third kappa shape index (κ3) is 4.85. The van der Waals surface area contributed by atoms with Gasteiger partial charge in [-0.1, -0.05) is 30.3 Å². The van der Waals surface area contributed by atoms with Crippen LogP contribution >= 0.6 is 0 Å². The van der Waals surface area contributed by atoms with Gasteiger partial charge in [0.1, 0.15) is 5.75 Å². The van der Waals surface area contributed by atoms with E-state index >= 15 is 0 Å². The molecule has 2 aromatic rings. The van der Waals surface area contributed by atoms with Gasteiger partial charge in [0, 0.05) is 26.7 Å². The van der Waals surface area contributed by atoms with Gasteiger partial charge in [-0.2, -0.15) is 0 Å². The zero-order chi connectivity index (χ0) is 20.9. The number of nitrogens with zero attached hydrogens (tertiary/aromatic N) is 2. The summed E-state index contributed by atoms with van der Waals surface area (Å²) in [6.45, 7) is 3.89. The Hall–Kier alpha value is -2.37. The van der Waals surface area contributed by atoms with Crippen molar-refractivity contribution < 1.29 is 14.3 Å². The van der Waals surface area contributed by atoms with E-state index in [1.54, 1.807) is 7.11 Å². The molecule has 0 N–H and O–H groups in total. The van der Waals surface area contributed by atoms with Crippen molar-refractivity contribution in [1.82, 2.24) is 9.80 Å². The van der Waals surface area contributed by atoms with E-state index in [0.717, 1.165) is 44.0 Å². The molecule has 0 saturated carbocycles. The molecule has 2 aliphatic rings. The largest absolute Gasteiger partial charge is 0.497 e. The Kier molecular flexibility index (Phi) is 6.70. The van der Waals surface area contributed by atoms with Gasteiger partial charge in [0.05, 0.1) is 32.8 Å². The average Bonchev–Trinajstić information content (AvgIpc) is 3.26. The molecule has 2 aromatic carbocycles. The molecule has 0 bridgehead atoms. The lowest BCUT2D eigenvalue weighted by atomic mass is 10.0. The van der Waals surface area contributed by atoms with Crippen LogP contribution in [0.25, 0.3) is 0 Å². The van der Waals surface area contributed by atoms with Crippen LogP contribution in [0.5, 0.6) is 5.75 Å². The maximum Gasteiger partial charge on any atom is 0.226 e. The Bertz CT molecular complexity index is 859. The van der Waals surface area contributed by atoms with Crippen LogP contribution in [0.4, 0.5) is 0 Å². The maximum atomic E-state index is 13.0. The molecule has 1 aliphatic heterocycles. The molecule has 0 spiro atoms. The number of fused-ring (bicyclic) bond motifs is 1. The number of carbonyl (C=O) groups is 1. The van der Waals surface area contributed by atoms with Gasteiger partial charge < -0.3 is 14.4 Å². The van der Waals surface area contributed by atoms with E-state index in [1.165, 1.54) is 29.5 Å². The van der Waals surface area contributed by atoms with E-state index in [1.807, 2.05) is 24.1 Å². The van der Waals surface area contributed by atoms with E-state index < -0.39 is 0 Å². The molecule has 5 nitrogen and oxygen atoms in total. The molecule has 1 saturated heterocycles. The fourth-order valence-electron chi connectivity index (χ4n) is 4.55. The van der Waals surface area contributed by atoms with Crippen molar-refractivity contribution in [3.63, 3.8) is 0 Å². The monoisotopic (exact) mass is 408 g/mol. The summed E-state index contributed by atoms with van der Waals surface area (Å²) < 4.78 is 10.9. The first-order valence-corrected chi connectivity index (χ1v) is 10.9. The summed E-state index contributed by atoms with van der Waals surface area (Å²) in [6.07, 6.45) is 4.01. The maximum absolute atomic E-state index is 13.0. The molecular formula is C25H32N2O3. The number of hydrogen-bond acceptors (Lipinski definition) is 4. The Morgan fingerprint density at radius 2 is 1.83 bits per heavy atom. The topological polar surface area (TPSA) is 42.0 Å². The van der Waals surface area contributed by atoms with Gasteiger partial charge in [0.2, 0.25) is 5.91 Å². The fraction of sp³-hybridized carbons (Fsp3) is 0.480. The molecule has 160 valence electrons. The van der Waals surface area contributed by atoms with Crippen molar-refractivity contribution in [1.29, 1.82) is 0 Å². The van der Waals surface area contributed by atoms with Crippen LogP contribution in [0, 0.1) is 0 Å². The lowest BCUT2D eigenvalue weighted by Crippen LogP contribution is -2.44. The Morgan fingerprint density at radius 3 is 2.57 bits per heavy atom. The summed E-state index contributed by atoms with van der Waals surface area (Å²) in [4.78, 5) is 17.3. The lowest BCUT2D eigenvalue weighted by Gasteiger charge is -2.37. The number of rotatable bonds is 7. The van der Waals surface area contributed by atoms with Gasteiger partial charge in [-0.05, 0) is 53.6 Å². The summed E-state index contributed by atoms with van der Waals surface area (Å²) in [6, 6.07) is 14.9. The summed E-state index contributed by atoms with van der Waals surface area (Å²) in [7, 11) is 3.60. The van der Waals surface area contributed by atoms with Crippen LogP contribution < -0.4 is 4.74 Å². The third-order valence-corrected chi connectivity index (χ3v) is 6.38. The number of amides is 1. The van der Waals surface area contributed by atoms with Crippen molar-refractivity contribution in [2.75, 3.05) is 47.0 Å². The fourth-order valence-corrected chi connectivity index (χ4v) is 4.55. The minimum absolute atomic E-state index is 0.147. The van der Waals surface area contributed by atoms with Crippen LogP contribution in [0.1, 0.15) is 34.7 Å². The quantitative estimate of drug-likeness (QED) is 0.705. The number of carbonyl (C=O) groups excluding carboxylic acids is 1. The molecular weight excluding hydrogens is 376 g/mol. The Morgan fingerprint density at radius 1 is 1.10 bits per heavy atom. The van der Waals surface area contributed by atoms with Crippen molar-refractivity contribution in [2.45, 2.75) is 31.7 Å². The minimum Gasteiger partial charge on any atom is -0.497 e. The highest BCUT2D eigenvalue weighted by atomic mass is 16.5. The van der Waals surface area contributed by atoms with E-state index in [4.69, 9.17) is 9.47 Å². The normalized spacial score (nSPS) is 17.4. The van der Waals surface area contributed by atoms with Gasteiger partial charge in [-0.15, -0.1) is 0 Å². The second-order valence-electron chi connectivity index (χ2n) is 8.34. The minimum atomic E-state index is 0.147. The zero-order valence-corrected chi connectivity index (χ0v) is 18.1. The van der Waals surface area contributed by atoms with Gasteiger partial charge in [-0.3, -0.25) is 9.69 Å². The first-order chi connectivity index (χ1) is 14.6. The molecule has 1 heterocycles. The van der Waals surface area contributed by atoms with Crippen LogP contribution in [-0.2, 0) is 28.8 Å². The van der Waals surface area contributed by atoms with Gasteiger partial charge in [0.25, 0.3) is 0 Å². The highest BCUT2D eigenvalue weighted by Gasteiger charge is 2.26. The number of hydrogen-bond donors (Lipinski definition) is 0. The molecule has 30 heavy (non-hydrogen) atoms. The summed E-state index contributed by atoms with van der Waals surface area (Å²) in [5, 5.41) is 0. The van der Waals surface area contributed by atoms with Crippen LogP contribution in [0.15, 0.2) is 42.5 Å². The predicted molar refractivity (Wildman–Crippen MR) is 118 cm³/mol. The van der Waals surface area contributed by atoms with Crippen molar-refractivity contribution >= 4 is 5.91 Å². The number of benzene rings is 2. The van der Waals surface area contributed by atoms with Gasteiger partial charge >= 0.3 is 0 Å². The average molecular weight is 409 g/mol. The standard InChI is InChI=1S/C25H32N2O3/c1-26(25(28)17-19-6-7-20-4-3-5-22(20)16-19)18-24(27-12-14-30-15-13-27)21-8-10-23(29-2)11-9-21/h6-11,16,24H,3-5,12-15,17-18H2,1-2H3/t24-/m1/s1. The third-order valence-electron chi connectivity index (χ3n) is 6.38. The molecule has 0 aromatic heterocycles. The second kappa shape index (κ2) is 9.63. The number of morpholine rings is 1. The molecule has 1 atom stereocenters. The molecule has 1 amide bonds. The van der Waals surface area contributed by atoms with Crippen molar-refractivity contribution in [3.8, 4) is 5.75 Å². The number of aryl methyl sites for hydroxylation is 2. The SMILES string of the molecule is COc1ccc([C@@H](CN(C)C(=O)Cc2ccc3c(c2)CCC3)N2CCOCC2)cc1. The van der Waals surface area contributed by atoms with E-state index in [0.29, 0.717) is 13.0 Å². The molecule has 5 heteroatoms. The van der Waals surface area contributed by atoms with E-state index in [2.05, 4.69) is 35.2 Å². The summed E-state index contributed by atoms with van der Waals surface area (Å²) in [5.41, 5.74) is 5.20. The number of methoxy groups -OCH3 is 1. The van der Waals surface area contributed by atoms with Crippen molar-refractivity contribution in [2.24, 2.45) is 0 Å². The Balaban J connectivity index is 1.45. The van der Waals surface area contributed by atoms with Crippen LogP contribution in [-0.4, -0.2) is 62.7 Å². The number of ether oxygens (including phenoxy) is 2. The van der Waals surface area contributed by atoms with Crippen LogP contribution in [0.3, 0.4) is 0 Å². The lowest BCUT2D eigenvalue weighted by molar-refractivity contribution is -0.130.